The lowest BCUT2D eigenvalue weighted by atomic mass is 10.1. The lowest BCUT2D eigenvalue weighted by molar-refractivity contribution is 0.600. The van der Waals surface area contributed by atoms with Gasteiger partial charge in [0.05, 0.1) is 10.6 Å². The molecule has 3 rings (SSSR count). The van der Waals surface area contributed by atoms with E-state index >= 15 is 0 Å². The Morgan fingerprint density at radius 2 is 1.74 bits per heavy atom. The van der Waals surface area contributed by atoms with Crippen LogP contribution in [0.3, 0.4) is 0 Å². The summed E-state index contributed by atoms with van der Waals surface area (Å²) in [4.78, 5) is 0.292. The molecule has 118 valence electrons. The van der Waals surface area contributed by atoms with Crippen molar-refractivity contribution in [1.82, 2.24) is 10.2 Å². The topological polar surface area (TPSA) is 74.8 Å². The zero-order valence-electron chi connectivity index (χ0n) is 12.9. The smallest absolute Gasteiger partial charge is 0.262 e. The van der Waals surface area contributed by atoms with E-state index in [2.05, 4.69) is 14.9 Å². The summed E-state index contributed by atoms with van der Waals surface area (Å²) in [6.07, 6.45) is 1.67. The average molecular weight is 327 g/mol. The van der Waals surface area contributed by atoms with Crippen LogP contribution in [0.5, 0.6) is 0 Å². The second kappa shape index (κ2) is 5.89. The third kappa shape index (κ3) is 3.27. The summed E-state index contributed by atoms with van der Waals surface area (Å²) in [5, 5.41) is 6.77. The van der Waals surface area contributed by atoms with Gasteiger partial charge < -0.3 is 0 Å². The van der Waals surface area contributed by atoms with Gasteiger partial charge in [-0.3, -0.25) is 9.82 Å². The predicted molar refractivity (Wildman–Crippen MR) is 90.7 cm³/mol. The van der Waals surface area contributed by atoms with Gasteiger partial charge in [-0.15, -0.1) is 0 Å². The standard InChI is InChI=1S/C17H17N3O2S/c1-12-3-8-17(13(2)11-12)23(21,22)20-15-6-4-14(5-7-15)16-9-10-18-19-16/h3-11,20H,1-2H3,(H,18,19). The van der Waals surface area contributed by atoms with Crippen LogP contribution < -0.4 is 4.72 Å². The number of aromatic nitrogens is 2. The van der Waals surface area contributed by atoms with E-state index < -0.39 is 10.0 Å². The number of anilines is 1. The fourth-order valence-electron chi connectivity index (χ4n) is 2.45. The Labute approximate surface area is 135 Å². The quantitative estimate of drug-likeness (QED) is 0.770. The Hall–Kier alpha value is -2.60. The van der Waals surface area contributed by atoms with Gasteiger partial charge in [0.1, 0.15) is 0 Å². The molecule has 6 heteroatoms. The molecule has 0 saturated carbocycles. The molecule has 2 N–H and O–H groups in total. The molecule has 23 heavy (non-hydrogen) atoms. The first-order chi connectivity index (χ1) is 11.0. The van der Waals surface area contributed by atoms with E-state index in [0.29, 0.717) is 10.6 Å². The highest BCUT2D eigenvalue weighted by Gasteiger charge is 2.16. The highest BCUT2D eigenvalue weighted by Crippen LogP contribution is 2.23. The number of sulfonamides is 1. The van der Waals surface area contributed by atoms with Crippen molar-refractivity contribution in [2.24, 2.45) is 0 Å². The molecule has 0 aliphatic carbocycles. The van der Waals surface area contributed by atoms with Crippen LogP contribution in [0.2, 0.25) is 0 Å². The van der Waals surface area contributed by atoms with Crippen molar-refractivity contribution >= 4 is 15.7 Å². The first kappa shape index (κ1) is 15.3. The van der Waals surface area contributed by atoms with E-state index in [4.69, 9.17) is 0 Å². The van der Waals surface area contributed by atoms with Crippen LogP contribution in [0.4, 0.5) is 5.69 Å². The molecule has 0 atom stereocenters. The van der Waals surface area contributed by atoms with Crippen LogP contribution in [0.25, 0.3) is 11.3 Å². The van der Waals surface area contributed by atoms with E-state index in [1.54, 1.807) is 37.4 Å². The minimum Gasteiger partial charge on any atom is -0.280 e. The van der Waals surface area contributed by atoms with Gasteiger partial charge in [-0.1, -0.05) is 29.8 Å². The summed E-state index contributed by atoms with van der Waals surface area (Å²) < 4.78 is 27.7. The van der Waals surface area contributed by atoms with Gasteiger partial charge >= 0.3 is 0 Å². The maximum Gasteiger partial charge on any atom is 0.262 e. The fraction of sp³-hybridized carbons (Fsp3) is 0.118. The molecule has 0 aliphatic rings. The summed E-state index contributed by atoms with van der Waals surface area (Å²) in [5.74, 6) is 0. The molecule has 0 unspecified atom stereocenters. The zero-order valence-corrected chi connectivity index (χ0v) is 13.7. The lowest BCUT2D eigenvalue weighted by Gasteiger charge is -2.11. The van der Waals surface area contributed by atoms with Crippen molar-refractivity contribution < 1.29 is 8.42 Å². The molecular formula is C17H17N3O2S. The summed E-state index contributed by atoms with van der Waals surface area (Å²) in [5.41, 5.74) is 4.11. The molecule has 0 spiro atoms. The summed E-state index contributed by atoms with van der Waals surface area (Å²) in [6, 6.07) is 14.3. The molecular weight excluding hydrogens is 310 g/mol. The van der Waals surface area contributed by atoms with E-state index in [1.807, 2.05) is 31.2 Å². The SMILES string of the molecule is Cc1ccc(S(=O)(=O)Nc2ccc(-c3ccn[nH]3)cc2)c(C)c1. The predicted octanol–water partition coefficient (Wildman–Crippen LogP) is 3.49. The van der Waals surface area contributed by atoms with Crippen LogP contribution in [0.1, 0.15) is 11.1 Å². The summed E-state index contributed by atoms with van der Waals surface area (Å²) in [7, 11) is -3.60. The van der Waals surface area contributed by atoms with Gasteiger partial charge in [0, 0.05) is 11.9 Å². The number of nitrogens with zero attached hydrogens (tertiary/aromatic N) is 1. The molecule has 0 bridgehead atoms. The number of aromatic amines is 1. The minimum absolute atomic E-state index is 0.292. The molecule has 0 radical (unpaired) electrons. The third-order valence-corrected chi connectivity index (χ3v) is 5.11. The van der Waals surface area contributed by atoms with Crippen molar-refractivity contribution in [2.75, 3.05) is 4.72 Å². The van der Waals surface area contributed by atoms with E-state index in [-0.39, 0.29) is 0 Å². The lowest BCUT2D eigenvalue weighted by Crippen LogP contribution is -2.14. The van der Waals surface area contributed by atoms with Gasteiger partial charge in [-0.2, -0.15) is 5.10 Å². The van der Waals surface area contributed by atoms with E-state index in [0.717, 1.165) is 22.4 Å². The summed E-state index contributed by atoms with van der Waals surface area (Å²) in [6.45, 7) is 3.73. The number of nitrogens with one attached hydrogen (secondary N) is 2. The number of hydrogen-bond donors (Lipinski definition) is 2. The number of H-pyrrole nitrogens is 1. The van der Waals surface area contributed by atoms with Gasteiger partial charge in [0.15, 0.2) is 0 Å². The van der Waals surface area contributed by atoms with Crippen LogP contribution in [-0.4, -0.2) is 18.6 Å². The average Bonchev–Trinajstić information content (AvgIpc) is 3.01. The molecule has 0 fully saturated rings. The normalized spacial score (nSPS) is 11.4. The molecule has 0 saturated heterocycles. The minimum atomic E-state index is -3.60. The molecule has 2 aromatic carbocycles. The summed E-state index contributed by atoms with van der Waals surface area (Å²) >= 11 is 0. The zero-order chi connectivity index (χ0) is 16.4. The maximum atomic E-state index is 12.5. The molecule has 3 aromatic rings. The Morgan fingerprint density at radius 3 is 2.35 bits per heavy atom. The highest BCUT2D eigenvalue weighted by molar-refractivity contribution is 7.92. The first-order valence-electron chi connectivity index (χ1n) is 7.15. The van der Waals surface area contributed by atoms with Crippen molar-refractivity contribution in [3.05, 3.63) is 65.9 Å². The van der Waals surface area contributed by atoms with Gasteiger partial charge in [0.2, 0.25) is 0 Å². The van der Waals surface area contributed by atoms with Crippen LogP contribution in [-0.2, 0) is 10.0 Å². The van der Waals surface area contributed by atoms with Crippen molar-refractivity contribution in [1.29, 1.82) is 0 Å². The van der Waals surface area contributed by atoms with E-state index in [1.165, 1.54) is 0 Å². The van der Waals surface area contributed by atoms with Gasteiger partial charge in [-0.25, -0.2) is 8.42 Å². The maximum absolute atomic E-state index is 12.5. The number of benzene rings is 2. The van der Waals surface area contributed by atoms with E-state index in [9.17, 15) is 8.42 Å². The van der Waals surface area contributed by atoms with Crippen molar-refractivity contribution in [2.45, 2.75) is 18.7 Å². The Morgan fingerprint density at radius 1 is 1.00 bits per heavy atom. The molecule has 1 heterocycles. The Bertz CT molecular complexity index is 915. The number of rotatable bonds is 4. The number of hydrogen-bond acceptors (Lipinski definition) is 3. The monoisotopic (exact) mass is 327 g/mol. The first-order valence-corrected chi connectivity index (χ1v) is 8.64. The van der Waals surface area contributed by atoms with Crippen LogP contribution >= 0.6 is 0 Å². The molecule has 5 nitrogen and oxygen atoms in total. The molecule has 0 amide bonds. The van der Waals surface area contributed by atoms with Crippen LogP contribution in [0, 0.1) is 13.8 Å². The number of aryl methyl sites for hydroxylation is 2. The van der Waals surface area contributed by atoms with Gasteiger partial charge in [0.25, 0.3) is 10.0 Å². The second-order valence-electron chi connectivity index (χ2n) is 5.42. The second-order valence-corrected chi connectivity index (χ2v) is 7.07. The van der Waals surface area contributed by atoms with Gasteiger partial charge in [-0.05, 0) is 49.2 Å². The van der Waals surface area contributed by atoms with Crippen LogP contribution in [0.15, 0.2) is 59.6 Å². The highest BCUT2D eigenvalue weighted by atomic mass is 32.2. The third-order valence-electron chi connectivity index (χ3n) is 3.57. The Kier molecular flexibility index (Phi) is 3.92. The fourth-order valence-corrected chi connectivity index (χ4v) is 3.73. The largest absolute Gasteiger partial charge is 0.280 e. The Balaban J connectivity index is 1.86. The molecule has 0 aliphatic heterocycles. The van der Waals surface area contributed by atoms with Crippen molar-refractivity contribution in [3.8, 4) is 11.3 Å². The van der Waals surface area contributed by atoms with Crippen molar-refractivity contribution in [3.63, 3.8) is 0 Å². The molecule has 1 aromatic heterocycles.